The Labute approximate surface area is 114 Å². The molecule has 19 heavy (non-hydrogen) atoms. The molecule has 0 unspecified atom stereocenters. The molecule has 0 aliphatic rings. The molecule has 0 saturated heterocycles. The molecule has 4 nitrogen and oxygen atoms in total. The van der Waals surface area contributed by atoms with Crippen LogP contribution in [0.15, 0.2) is 36.5 Å². The van der Waals surface area contributed by atoms with Crippen LogP contribution in [0.25, 0.3) is 0 Å². The lowest BCUT2D eigenvalue weighted by Gasteiger charge is -2.09. The van der Waals surface area contributed by atoms with Gasteiger partial charge >= 0.3 is 0 Å². The van der Waals surface area contributed by atoms with E-state index in [9.17, 15) is 4.39 Å². The summed E-state index contributed by atoms with van der Waals surface area (Å²) in [5.74, 6) is -0.415. The van der Waals surface area contributed by atoms with Crippen LogP contribution in [0.5, 0.6) is 5.88 Å². The fourth-order valence-electron chi connectivity index (χ4n) is 1.49. The molecule has 6 heteroatoms. The molecular formula is C13H11ClFN3O. The van der Waals surface area contributed by atoms with Crippen LogP contribution in [0, 0.1) is 11.2 Å². The molecule has 2 aromatic rings. The second-order valence-corrected chi connectivity index (χ2v) is 4.15. The number of nitrogens with two attached hydrogens (primary N) is 1. The van der Waals surface area contributed by atoms with Gasteiger partial charge in [-0.25, -0.2) is 9.37 Å². The number of ether oxygens (including phenoxy) is 1. The quantitative estimate of drug-likeness (QED) is 0.668. The zero-order valence-electron chi connectivity index (χ0n) is 9.86. The van der Waals surface area contributed by atoms with Crippen molar-refractivity contribution in [1.29, 1.82) is 5.41 Å². The lowest BCUT2D eigenvalue weighted by Crippen LogP contribution is -2.12. The molecule has 0 fully saturated rings. The summed E-state index contributed by atoms with van der Waals surface area (Å²) in [6.07, 6.45) is 1.43. The van der Waals surface area contributed by atoms with Crippen molar-refractivity contribution in [3.05, 3.63) is 58.5 Å². The molecule has 0 saturated carbocycles. The van der Waals surface area contributed by atoms with E-state index in [0.29, 0.717) is 11.1 Å². The molecule has 0 amide bonds. The Morgan fingerprint density at radius 3 is 2.79 bits per heavy atom. The smallest absolute Gasteiger partial charge is 0.233 e. The Balaban J connectivity index is 2.19. The predicted molar refractivity (Wildman–Crippen MR) is 71.0 cm³/mol. The zero-order chi connectivity index (χ0) is 13.8. The highest BCUT2D eigenvalue weighted by molar-refractivity contribution is 6.35. The highest BCUT2D eigenvalue weighted by Gasteiger charge is 2.11. The second-order valence-electron chi connectivity index (χ2n) is 3.77. The SMILES string of the molecule is N=C(N)c1ccnc(OCc2ccccc2F)c1Cl. The standard InChI is InChI=1S/C13H11ClFN3O/c14-11-9(12(16)17)5-6-18-13(11)19-7-8-3-1-2-4-10(8)15/h1-6H,7H2,(H3,16,17). The van der Waals surface area contributed by atoms with Gasteiger partial charge in [-0.15, -0.1) is 0 Å². The number of amidine groups is 1. The summed E-state index contributed by atoms with van der Waals surface area (Å²) in [7, 11) is 0. The number of pyridine rings is 1. The number of nitrogens with one attached hydrogen (secondary N) is 1. The van der Waals surface area contributed by atoms with Gasteiger partial charge in [0.05, 0.1) is 0 Å². The van der Waals surface area contributed by atoms with E-state index < -0.39 is 0 Å². The minimum absolute atomic E-state index is 0.000745. The van der Waals surface area contributed by atoms with Crippen molar-refractivity contribution in [2.75, 3.05) is 0 Å². The number of rotatable bonds is 4. The molecule has 1 heterocycles. The number of hydrogen-bond acceptors (Lipinski definition) is 3. The summed E-state index contributed by atoms with van der Waals surface area (Å²) in [5, 5.41) is 7.50. The lowest BCUT2D eigenvalue weighted by atomic mass is 10.2. The average Bonchev–Trinajstić information content (AvgIpc) is 2.39. The minimum atomic E-state index is -0.360. The summed E-state index contributed by atoms with van der Waals surface area (Å²) in [5.41, 5.74) is 6.10. The van der Waals surface area contributed by atoms with Crippen LogP contribution in [-0.2, 0) is 6.61 Å². The van der Waals surface area contributed by atoms with E-state index >= 15 is 0 Å². The van der Waals surface area contributed by atoms with Gasteiger partial charge in [0.1, 0.15) is 23.3 Å². The summed E-state index contributed by atoms with van der Waals surface area (Å²) in [6.45, 7) is 0.000745. The van der Waals surface area contributed by atoms with Crippen LogP contribution < -0.4 is 10.5 Å². The maximum absolute atomic E-state index is 13.4. The van der Waals surface area contributed by atoms with Crippen molar-refractivity contribution in [2.24, 2.45) is 5.73 Å². The molecule has 0 spiro atoms. The number of nitrogens with zero attached hydrogens (tertiary/aromatic N) is 1. The van der Waals surface area contributed by atoms with E-state index in [1.807, 2.05) is 0 Å². The van der Waals surface area contributed by atoms with Crippen molar-refractivity contribution in [2.45, 2.75) is 6.61 Å². The third-order valence-electron chi connectivity index (χ3n) is 2.47. The maximum atomic E-state index is 13.4. The van der Waals surface area contributed by atoms with Crippen molar-refractivity contribution >= 4 is 17.4 Å². The van der Waals surface area contributed by atoms with Crippen molar-refractivity contribution in [1.82, 2.24) is 4.98 Å². The molecule has 2 rings (SSSR count). The molecule has 0 bridgehead atoms. The molecule has 0 aliphatic heterocycles. The number of aromatic nitrogens is 1. The molecule has 0 radical (unpaired) electrons. The fraction of sp³-hybridized carbons (Fsp3) is 0.0769. The lowest BCUT2D eigenvalue weighted by molar-refractivity contribution is 0.288. The molecular weight excluding hydrogens is 269 g/mol. The third-order valence-corrected chi connectivity index (χ3v) is 2.83. The van der Waals surface area contributed by atoms with Gasteiger partial charge in [0, 0.05) is 17.3 Å². The number of halogens is 2. The molecule has 0 atom stereocenters. The van der Waals surface area contributed by atoms with Gasteiger partial charge in [-0.1, -0.05) is 29.8 Å². The number of benzene rings is 1. The van der Waals surface area contributed by atoms with Gasteiger partial charge in [-0.3, -0.25) is 5.41 Å². The zero-order valence-corrected chi connectivity index (χ0v) is 10.6. The third kappa shape index (κ3) is 3.00. The van der Waals surface area contributed by atoms with Crippen molar-refractivity contribution < 1.29 is 9.13 Å². The Morgan fingerprint density at radius 1 is 1.37 bits per heavy atom. The summed E-state index contributed by atoms with van der Waals surface area (Å²) in [6, 6.07) is 7.78. The number of hydrogen-bond donors (Lipinski definition) is 2. The normalized spacial score (nSPS) is 10.2. The van der Waals surface area contributed by atoms with Crippen LogP contribution >= 0.6 is 11.6 Å². The maximum Gasteiger partial charge on any atom is 0.233 e. The summed E-state index contributed by atoms with van der Waals surface area (Å²) < 4.78 is 18.8. The molecule has 3 N–H and O–H groups in total. The Morgan fingerprint density at radius 2 is 2.11 bits per heavy atom. The predicted octanol–water partition coefficient (Wildman–Crippen LogP) is 2.74. The van der Waals surface area contributed by atoms with Gasteiger partial charge in [0.25, 0.3) is 0 Å². The van der Waals surface area contributed by atoms with E-state index in [1.54, 1.807) is 18.2 Å². The first-order valence-corrected chi connectivity index (χ1v) is 5.82. The highest BCUT2D eigenvalue weighted by Crippen LogP contribution is 2.26. The monoisotopic (exact) mass is 279 g/mol. The summed E-state index contributed by atoms with van der Waals surface area (Å²) >= 11 is 6.01. The average molecular weight is 280 g/mol. The van der Waals surface area contributed by atoms with Gasteiger partial charge in [0.2, 0.25) is 5.88 Å². The molecule has 1 aromatic heterocycles. The van der Waals surface area contributed by atoms with Crippen LogP contribution in [0.4, 0.5) is 4.39 Å². The Kier molecular flexibility index (Phi) is 3.97. The summed E-state index contributed by atoms with van der Waals surface area (Å²) in [4.78, 5) is 3.94. The second kappa shape index (κ2) is 5.67. The number of nitrogen functional groups attached to an aromatic ring is 1. The first-order valence-electron chi connectivity index (χ1n) is 5.44. The minimum Gasteiger partial charge on any atom is -0.472 e. The van der Waals surface area contributed by atoms with Crippen LogP contribution in [-0.4, -0.2) is 10.8 Å². The van der Waals surface area contributed by atoms with Gasteiger partial charge < -0.3 is 10.5 Å². The van der Waals surface area contributed by atoms with E-state index in [0.717, 1.165) is 0 Å². The van der Waals surface area contributed by atoms with Gasteiger partial charge in [-0.05, 0) is 12.1 Å². The molecule has 0 aliphatic carbocycles. The van der Waals surface area contributed by atoms with Crippen molar-refractivity contribution in [3.63, 3.8) is 0 Å². The Bertz CT molecular complexity index is 619. The fourth-order valence-corrected chi connectivity index (χ4v) is 1.76. The van der Waals surface area contributed by atoms with E-state index in [-0.39, 0.29) is 29.2 Å². The first-order chi connectivity index (χ1) is 9.09. The van der Waals surface area contributed by atoms with Crippen LogP contribution in [0.1, 0.15) is 11.1 Å². The van der Waals surface area contributed by atoms with E-state index in [1.165, 1.54) is 18.3 Å². The van der Waals surface area contributed by atoms with Gasteiger partial charge in [-0.2, -0.15) is 0 Å². The van der Waals surface area contributed by atoms with Crippen molar-refractivity contribution in [3.8, 4) is 5.88 Å². The first kappa shape index (κ1) is 13.3. The molecule has 1 aromatic carbocycles. The Hall–Kier alpha value is -2.14. The van der Waals surface area contributed by atoms with Gasteiger partial charge in [0.15, 0.2) is 0 Å². The van der Waals surface area contributed by atoms with E-state index in [4.69, 9.17) is 27.5 Å². The highest BCUT2D eigenvalue weighted by atomic mass is 35.5. The molecule has 98 valence electrons. The van der Waals surface area contributed by atoms with Crippen LogP contribution in [0.2, 0.25) is 5.02 Å². The largest absolute Gasteiger partial charge is 0.472 e. The van der Waals surface area contributed by atoms with Crippen LogP contribution in [0.3, 0.4) is 0 Å². The topological polar surface area (TPSA) is 72.0 Å². The van der Waals surface area contributed by atoms with E-state index in [2.05, 4.69) is 4.98 Å².